The zero-order valence-electron chi connectivity index (χ0n) is 17.0. The number of aromatic nitrogens is 1. The summed E-state index contributed by atoms with van der Waals surface area (Å²) in [5.74, 6) is 0. The average Bonchev–Trinajstić information content (AvgIpc) is 2.73. The number of hydrogen-bond acceptors (Lipinski definition) is 3. The molecule has 0 atom stereocenters. The van der Waals surface area contributed by atoms with Crippen LogP contribution in [0.5, 0.6) is 0 Å². The highest BCUT2D eigenvalue weighted by Gasteiger charge is 2.21. The third-order valence-electron chi connectivity index (χ3n) is 5.71. The van der Waals surface area contributed by atoms with Gasteiger partial charge < -0.3 is 10.6 Å². The number of fused-ring (bicyclic) bond motifs is 1. The number of anilines is 1. The molecule has 2 N–H and O–H groups in total. The van der Waals surface area contributed by atoms with Gasteiger partial charge in [-0.1, -0.05) is 41.9 Å². The Morgan fingerprint density at radius 3 is 2.40 bits per heavy atom. The molecule has 1 aromatic heterocycles. The zero-order valence-corrected chi connectivity index (χ0v) is 19.4. The Morgan fingerprint density at radius 2 is 1.63 bits per heavy atom. The summed E-state index contributed by atoms with van der Waals surface area (Å²) in [6.45, 7) is 1.10. The molecular formula is C24H30Cl3N3. The first kappa shape index (κ1) is 24.7. The van der Waals surface area contributed by atoms with Gasteiger partial charge in [-0.05, 0) is 74.9 Å². The third-order valence-corrected chi connectivity index (χ3v) is 5.94. The van der Waals surface area contributed by atoms with E-state index in [1.54, 1.807) is 0 Å². The first-order valence-electron chi connectivity index (χ1n) is 10.4. The summed E-state index contributed by atoms with van der Waals surface area (Å²) in [7, 11) is 0. The molecule has 2 aromatic carbocycles. The molecule has 1 heterocycles. The second-order valence-electron chi connectivity index (χ2n) is 7.76. The van der Waals surface area contributed by atoms with Crippen molar-refractivity contribution < 1.29 is 0 Å². The molecule has 1 aliphatic carbocycles. The maximum Gasteiger partial charge on any atom is 0.0737 e. The van der Waals surface area contributed by atoms with Crippen LogP contribution in [0.2, 0.25) is 5.02 Å². The van der Waals surface area contributed by atoms with Crippen LogP contribution in [0.3, 0.4) is 0 Å². The van der Waals surface area contributed by atoms with Gasteiger partial charge in [0.15, 0.2) is 0 Å². The van der Waals surface area contributed by atoms with Crippen molar-refractivity contribution in [3.8, 4) is 0 Å². The molecule has 0 radical (unpaired) electrons. The van der Waals surface area contributed by atoms with Crippen molar-refractivity contribution in [2.24, 2.45) is 0 Å². The van der Waals surface area contributed by atoms with Crippen LogP contribution in [0.4, 0.5) is 5.69 Å². The predicted octanol–water partition coefficient (Wildman–Crippen LogP) is 6.68. The zero-order chi connectivity index (χ0) is 19.2. The van der Waals surface area contributed by atoms with Crippen molar-refractivity contribution in [2.45, 2.75) is 50.6 Å². The first-order valence-corrected chi connectivity index (χ1v) is 10.7. The average molecular weight is 467 g/mol. The van der Waals surface area contributed by atoms with Gasteiger partial charge in [0.1, 0.15) is 0 Å². The van der Waals surface area contributed by atoms with Gasteiger partial charge in [-0.25, -0.2) is 0 Å². The summed E-state index contributed by atoms with van der Waals surface area (Å²) in [5.41, 5.74) is 3.55. The molecule has 4 rings (SSSR count). The van der Waals surface area contributed by atoms with Crippen molar-refractivity contribution in [2.75, 3.05) is 11.9 Å². The van der Waals surface area contributed by atoms with E-state index in [4.69, 9.17) is 11.6 Å². The molecule has 1 fully saturated rings. The summed E-state index contributed by atoms with van der Waals surface area (Å²) in [6.07, 6.45) is 9.09. The Labute approximate surface area is 196 Å². The minimum atomic E-state index is 0. The van der Waals surface area contributed by atoms with Crippen LogP contribution < -0.4 is 10.6 Å². The Kier molecular flexibility index (Phi) is 10.2. The SMILES string of the molecule is Cl.Cl.Clc1ccc2c(N[C@H]3CC[C@@H](NCCCc4ccccc4)CC3)ccnc2c1. The molecule has 30 heavy (non-hydrogen) atoms. The quantitative estimate of drug-likeness (QED) is 0.381. The van der Waals surface area contributed by atoms with E-state index in [1.165, 1.54) is 43.4 Å². The smallest absolute Gasteiger partial charge is 0.0737 e. The van der Waals surface area contributed by atoms with Gasteiger partial charge in [0.25, 0.3) is 0 Å². The maximum absolute atomic E-state index is 6.10. The van der Waals surface area contributed by atoms with Crippen LogP contribution in [0, 0.1) is 0 Å². The van der Waals surface area contributed by atoms with E-state index in [2.05, 4.69) is 58.1 Å². The monoisotopic (exact) mass is 465 g/mol. The van der Waals surface area contributed by atoms with E-state index >= 15 is 0 Å². The summed E-state index contributed by atoms with van der Waals surface area (Å²) in [5, 5.41) is 9.38. The lowest BCUT2D eigenvalue weighted by atomic mass is 9.90. The highest BCUT2D eigenvalue weighted by molar-refractivity contribution is 6.31. The van der Waals surface area contributed by atoms with E-state index in [0.717, 1.165) is 28.9 Å². The van der Waals surface area contributed by atoms with Gasteiger partial charge in [-0.3, -0.25) is 4.98 Å². The van der Waals surface area contributed by atoms with Crippen molar-refractivity contribution >= 4 is 53.0 Å². The van der Waals surface area contributed by atoms with Gasteiger partial charge in [0, 0.05) is 34.4 Å². The van der Waals surface area contributed by atoms with Gasteiger partial charge in [0.05, 0.1) is 5.52 Å². The first-order chi connectivity index (χ1) is 13.8. The fraction of sp³-hybridized carbons (Fsp3) is 0.375. The van der Waals surface area contributed by atoms with Gasteiger partial charge >= 0.3 is 0 Å². The number of pyridine rings is 1. The van der Waals surface area contributed by atoms with Crippen LogP contribution in [0.1, 0.15) is 37.7 Å². The van der Waals surface area contributed by atoms with Crippen LogP contribution in [-0.2, 0) is 6.42 Å². The standard InChI is InChI=1S/C24H28ClN3.2ClH/c25-19-8-13-22-23(14-16-27-24(22)17-19)28-21-11-9-20(10-12-21)26-15-4-7-18-5-2-1-3-6-18;;/h1-3,5-6,8,13-14,16-17,20-21,26H,4,7,9-12,15H2,(H,27,28);2*1H/t20-,21+;;. The Bertz CT molecular complexity index is 897. The van der Waals surface area contributed by atoms with Crippen molar-refractivity contribution in [3.63, 3.8) is 0 Å². The highest BCUT2D eigenvalue weighted by Crippen LogP contribution is 2.28. The molecule has 162 valence electrons. The normalized spacial score (nSPS) is 18.3. The lowest BCUT2D eigenvalue weighted by Gasteiger charge is -2.30. The summed E-state index contributed by atoms with van der Waals surface area (Å²) >= 11 is 6.10. The fourth-order valence-corrected chi connectivity index (χ4v) is 4.32. The molecule has 1 saturated carbocycles. The Hall–Kier alpha value is -1.52. The number of halogens is 3. The molecule has 0 unspecified atom stereocenters. The highest BCUT2D eigenvalue weighted by atomic mass is 35.5. The predicted molar refractivity (Wildman–Crippen MR) is 134 cm³/mol. The second kappa shape index (κ2) is 12.4. The number of nitrogens with zero attached hydrogens (tertiary/aromatic N) is 1. The van der Waals surface area contributed by atoms with Crippen LogP contribution >= 0.6 is 36.4 Å². The molecular weight excluding hydrogens is 437 g/mol. The van der Waals surface area contributed by atoms with Crippen LogP contribution in [0.15, 0.2) is 60.8 Å². The van der Waals surface area contributed by atoms with E-state index < -0.39 is 0 Å². The molecule has 3 aromatic rings. The number of rotatable bonds is 7. The fourth-order valence-electron chi connectivity index (χ4n) is 4.15. The maximum atomic E-state index is 6.10. The molecule has 6 heteroatoms. The number of aryl methyl sites for hydroxylation is 1. The minimum Gasteiger partial charge on any atom is -0.382 e. The largest absolute Gasteiger partial charge is 0.382 e. The van der Waals surface area contributed by atoms with Crippen LogP contribution in [0.25, 0.3) is 10.9 Å². The summed E-state index contributed by atoms with van der Waals surface area (Å²) < 4.78 is 0. The summed E-state index contributed by atoms with van der Waals surface area (Å²) in [4.78, 5) is 4.44. The van der Waals surface area contributed by atoms with E-state index in [0.29, 0.717) is 12.1 Å². The Balaban J connectivity index is 0.00000160. The van der Waals surface area contributed by atoms with Gasteiger partial charge in [-0.15, -0.1) is 24.8 Å². The van der Waals surface area contributed by atoms with E-state index in [1.807, 2.05) is 18.3 Å². The topological polar surface area (TPSA) is 37.0 Å². The lowest BCUT2D eigenvalue weighted by Crippen LogP contribution is -2.37. The van der Waals surface area contributed by atoms with E-state index in [9.17, 15) is 0 Å². The van der Waals surface area contributed by atoms with Gasteiger partial charge in [0.2, 0.25) is 0 Å². The van der Waals surface area contributed by atoms with Gasteiger partial charge in [-0.2, -0.15) is 0 Å². The number of benzene rings is 2. The second-order valence-corrected chi connectivity index (χ2v) is 8.19. The molecule has 3 nitrogen and oxygen atoms in total. The molecule has 0 saturated heterocycles. The Morgan fingerprint density at radius 1 is 0.900 bits per heavy atom. The van der Waals surface area contributed by atoms with Crippen molar-refractivity contribution in [1.29, 1.82) is 0 Å². The molecule has 0 aliphatic heterocycles. The number of nitrogens with one attached hydrogen (secondary N) is 2. The lowest BCUT2D eigenvalue weighted by molar-refractivity contribution is 0.353. The number of hydrogen-bond donors (Lipinski definition) is 2. The van der Waals surface area contributed by atoms with E-state index in [-0.39, 0.29) is 24.8 Å². The van der Waals surface area contributed by atoms with Crippen molar-refractivity contribution in [3.05, 3.63) is 71.4 Å². The molecule has 0 spiro atoms. The minimum absolute atomic E-state index is 0. The molecule has 0 bridgehead atoms. The molecule has 1 aliphatic rings. The van der Waals surface area contributed by atoms with Crippen molar-refractivity contribution in [1.82, 2.24) is 10.3 Å². The third kappa shape index (κ3) is 6.75. The van der Waals surface area contributed by atoms with Crippen LogP contribution in [-0.4, -0.2) is 23.6 Å². The molecule has 0 amide bonds. The summed E-state index contributed by atoms with van der Waals surface area (Å²) in [6, 6.07) is 19.9.